The van der Waals surface area contributed by atoms with Crippen LogP contribution in [0, 0.1) is 0 Å². The lowest BCUT2D eigenvalue weighted by Crippen LogP contribution is -2.38. The van der Waals surface area contributed by atoms with Crippen LogP contribution in [0.1, 0.15) is 25.7 Å². The number of ether oxygens (including phenoxy) is 1. The van der Waals surface area contributed by atoms with E-state index in [0.717, 1.165) is 12.8 Å². The van der Waals surface area contributed by atoms with Gasteiger partial charge in [-0.3, -0.25) is 4.79 Å². The molecule has 0 unspecified atom stereocenters. The summed E-state index contributed by atoms with van der Waals surface area (Å²) in [5, 5.41) is 0.536. The molecule has 0 aliphatic heterocycles. The largest absolute Gasteiger partial charge is 0.482 e. The molecule has 4 heteroatoms. The highest BCUT2D eigenvalue weighted by molar-refractivity contribution is 6.32. The number of likely N-dealkylation sites (N-methyl/N-ethyl adjacent to an activating group) is 1. The van der Waals surface area contributed by atoms with Crippen LogP contribution in [-0.4, -0.2) is 30.5 Å². The van der Waals surface area contributed by atoms with Crippen molar-refractivity contribution in [1.29, 1.82) is 0 Å². The topological polar surface area (TPSA) is 29.5 Å². The number of benzene rings is 1. The molecule has 3 nitrogen and oxygen atoms in total. The summed E-state index contributed by atoms with van der Waals surface area (Å²) in [5.41, 5.74) is 0. The Hall–Kier alpha value is -1.22. The zero-order valence-electron chi connectivity index (χ0n) is 10.6. The van der Waals surface area contributed by atoms with Crippen LogP contribution in [0.4, 0.5) is 0 Å². The van der Waals surface area contributed by atoms with Gasteiger partial charge in [0.25, 0.3) is 5.91 Å². The predicted octanol–water partition coefficient (Wildman–Crippen LogP) is 3.12. The minimum absolute atomic E-state index is 0.0156. The number of halogens is 1. The highest BCUT2D eigenvalue weighted by Gasteiger charge is 2.23. The molecule has 18 heavy (non-hydrogen) atoms. The zero-order valence-corrected chi connectivity index (χ0v) is 11.3. The SMILES string of the molecule is CN(C(=O)COc1ccccc1Cl)C1CCCC1. The molecule has 1 aromatic rings. The lowest BCUT2D eigenvalue weighted by atomic mass is 10.2. The number of rotatable bonds is 4. The van der Waals surface area contributed by atoms with E-state index in [-0.39, 0.29) is 12.5 Å². The molecule has 1 amide bonds. The second kappa shape index (κ2) is 6.10. The summed E-state index contributed by atoms with van der Waals surface area (Å²) in [4.78, 5) is 13.8. The van der Waals surface area contributed by atoms with Gasteiger partial charge in [0, 0.05) is 13.1 Å². The van der Waals surface area contributed by atoms with Crippen LogP contribution in [0.2, 0.25) is 5.02 Å². The third-order valence-electron chi connectivity index (χ3n) is 3.45. The van der Waals surface area contributed by atoms with Gasteiger partial charge in [0.15, 0.2) is 6.61 Å². The second-order valence-corrected chi connectivity index (χ2v) is 5.07. The van der Waals surface area contributed by atoms with E-state index < -0.39 is 0 Å². The van der Waals surface area contributed by atoms with Crippen molar-refractivity contribution in [2.24, 2.45) is 0 Å². The number of hydrogen-bond acceptors (Lipinski definition) is 2. The third kappa shape index (κ3) is 3.16. The van der Waals surface area contributed by atoms with Gasteiger partial charge in [-0.1, -0.05) is 36.6 Å². The predicted molar refractivity (Wildman–Crippen MR) is 72.0 cm³/mol. The fourth-order valence-electron chi connectivity index (χ4n) is 2.30. The Balaban J connectivity index is 1.86. The van der Waals surface area contributed by atoms with Gasteiger partial charge in [-0.2, -0.15) is 0 Å². The van der Waals surface area contributed by atoms with Gasteiger partial charge in [0.1, 0.15) is 5.75 Å². The Morgan fingerprint density at radius 1 is 1.39 bits per heavy atom. The molecule has 0 N–H and O–H groups in total. The highest BCUT2D eigenvalue weighted by Crippen LogP contribution is 2.24. The van der Waals surface area contributed by atoms with Crippen LogP contribution in [0.5, 0.6) is 5.75 Å². The van der Waals surface area contributed by atoms with Gasteiger partial charge in [-0.15, -0.1) is 0 Å². The molecule has 0 atom stereocenters. The molecular formula is C14H18ClNO2. The fraction of sp³-hybridized carbons (Fsp3) is 0.500. The van der Waals surface area contributed by atoms with E-state index in [2.05, 4.69) is 0 Å². The van der Waals surface area contributed by atoms with Crippen LogP contribution in [0.3, 0.4) is 0 Å². The quantitative estimate of drug-likeness (QED) is 0.839. The van der Waals surface area contributed by atoms with Crippen molar-refractivity contribution >= 4 is 17.5 Å². The normalized spacial score (nSPS) is 15.7. The molecule has 0 heterocycles. The lowest BCUT2D eigenvalue weighted by molar-refractivity contribution is -0.134. The van der Waals surface area contributed by atoms with Gasteiger partial charge >= 0.3 is 0 Å². The van der Waals surface area contributed by atoms with Gasteiger partial charge in [-0.25, -0.2) is 0 Å². The maximum absolute atomic E-state index is 12.0. The Kier molecular flexibility index (Phi) is 4.48. The first kappa shape index (κ1) is 13.2. The molecule has 0 saturated heterocycles. The highest BCUT2D eigenvalue weighted by atomic mass is 35.5. The summed E-state index contributed by atoms with van der Waals surface area (Å²) in [6, 6.07) is 7.58. The molecule has 98 valence electrons. The minimum Gasteiger partial charge on any atom is -0.482 e. The summed E-state index contributed by atoms with van der Waals surface area (Å²) in [6.07, 6.45) is 4.64. The van der Waals surface area contributed by atoms with Crippen molar-refractivity contribution in [2.45, 2.75) is 31.7 Å². The van der Waals surface area contributed by atoms with Crippen LogP contribution in [-0.2, 0) is 4.79 Å². The number of nitrogens with zero attached hydrogens (tertiary/aromatic N) is 1. The van der Waals surface area contributed by atoms with Crippen LogP contribution in [0.15, 0.2) is 24.3 Å². The molecule has 0 spiro atoms. The molecule has 1 aromatic carbocycles. The first-order valence-electron chi connectivity index (χ1n) is 6.31. The van der Waals surface area contributed by atoms with Crippen molar-refractivity contribution in [3.05, 3.63) is 29.3 Å². The molecule has 1 aliphatic carbocycles. The van der Waals surface area contributed by atoms with Gasteiger partial charge in [0.05, 0.1) is 5.02 Å². The number of para-hydroxylation sites is 1. The van der Waals surface area contributed by atoms with Crippen LogP contribution >= 0.6 is 11.6 Å². The lowest BCUT2D eigenvalue weighted by Gasteiger charge is -2.24. The second-order valence-electron chi connectivity index (χ2n) is 4.66. The van der Waals surface area contributed by atoms with Gasteiger partial charge in [-0.05, 0) is 25.0 Å². The van der Waals surface area contributed by atoms with Crippen molar-refractivity contribution in [2.75, 3.05) is 13.7 Å². The number of carbonyl (C=O) groups excluding carboxylic acids is 1. The molecule has 0 radical (unpaired) electrons. The van der Waals surface area contributed by atoms with Crippen molar-refractivity contribution < 1.29 is 9.53 Å². The molecule has 1 fully saturated rings. The summed E-state index contributed by atoms with van der Waals surface area (Å²) in [7, 11) is 1.86. The summed E-state index contributed by atoms with van der Waals surface area (Å²) in [6.45, 7) is 0.0523. The standard InChI is InChI=1S/C14H18ClNO2/c1-16(11-6-2-3-7-11)14(17)10-18-13-9-5-4-8-12(13)15/h4-5,8-9,11H,2-3,6-7,10H2,1H3. The fourth-order valence-corrected chi connectivity index (χ4v) is 2.49. The number of carbonyl (C=O) groups is 1. The molecule has 2 rings (SSSR count). The average Bonchev–Trinajstić information content (AvgIpc) is 2.90. The van der Waals surface area contributed by atoms with E-state index in [1.165, 1.54) is 12.8 Å². The maximum Gasteiger partial charge on any atom is 0.260 e. The van der Waals surface area contributed by atoms with E-state index in [1.807, 2.05) is 24.1 Å². The molecule has 1 saturated carbocycles. The van der Waals surface area contributed by atoms with Crippen molar-refractivity contribution in [3.8, 4) is 5.75 Å². The zero-order chi connectivity index (χ0) is 13.0. The maximum atomic E-state index is 12.0. The Morgan fingerprint density at radius 3 is 2.72 bits per heavy atom. The van der Waals surface area contributed by atoms with E-state index in [0.29, 0.717) is 16.8 Å². The van der Waals surface area contributed by atoms with Gasteiger partial charge < -0.3 is 9.64 Å². The smallest absolute Gasteiger partial charge is 0.260 e. The van der Waals surface area contributed by atoms with Crippen LogP contribution < -0.4 is 4.74 Å². The first-order valence-corrected chi connectivity index (χ1v) is 6.69. The molecule has 0 bridgehead atoms. The Morgan fingerprint density at radius 2 is 2.06 bits per heavy atom. The van der Waals surface area contributed by atoms with E-state index in [4.69, 9.17) is 16.3 Å². The molecule has 0 aromatic heterocycles. The average molecular weight is 268 g/mol. The van der Waals surface area contributed by atoms with Crippen molar-refractivity contribution in [3.63, 3.8) is 0 Å². The van der Waals surface area contributed by atoms with Crippen LogP contribution in [0.25, 0.3) is 0 Å². The third-order valence-corrected chi connectivity index (χ3v) is 3.77. The Labute approximate surface area is 113 Å². The number of amides is 1. The van der Waals surface area contributed by atoms with E-state index >= 15 is 0 Å². The molecule has 1 aliphatic rings. The summed E-state index contributed by atoms with van der Waals surface area (Å²) >= 11 is 5.96. The van der Waals surface area contributed by atoms with Gasteiger partial charge in [0.2, 0.25) is 0 Å². The first-order chi connectivity index (χ1) is 8.68. The summed E-state index contributed by atoms with van der Waals surface area (Å²) in [5.74, 6) is 0.578. The number of hydrogen-bond donors (Lipinski definition) is 0. The van der Waals surface area contributed by atoms with Crippen molar-refractivity contribution in [1.82, 2.24) is 4.90 Å². The monoisotopic (exact) mass is 267 g/mol. The molecular weight excluding hydrogens is 250 g/mol. The summed E-state index contributed by atoms with van der Waals surface area (Å²) < 4.78 is 5.46. The van der Waals surface area contributed by atoms with E-state index in [1.54, 1.807) is 12.1 Å². The van der Waals surface area contributed by atoms with E-state index in [9.17, 15) is 4.79 Å². The minimum atomic E-state index is 0.0156. The Bertz CT molecular complexity index is 416.